The number of imidazole rings is 1. The van der Waals surface area contributed by atoms with Crippen molar-refractivity contribution in [3.8, 4) is 0 Å². The van der Waals surface area contributed by atoms with Crippen LogP contribution in [0, 0.1) is 0 Å². The van der Waals surface area contributed by atoms with E-state index >= 15 is 0 Å². The third-order valence-electron chi connectivity index (χ3n) is 6.35. The molecule has 1 unspecified atom stereocenters. The SMILES string of the molecule is CCn1c(CN2CCCCC2C)nc2cc(S(=O)(=O)N3CCCCC3)ccc21. The maximum Gasteiger partial charge on any atom is 0.243 e. The summed E-state index contributed by atoms with van der Waals surface area (Å²) in [5.41, 5.74) is 1.82. The Morgan fingerprint density at radius 2 is 1.82 bits per heavy atom. The van der Waals surface area contributed by atoms with Crippen molar-refractivity contribution in [1.29, 1.82) is 0 Å². The maximum absolute atomic E-state index is 13.0. The Labute approximate surface area is 168 Å². The minimum Gasteiger partial charge on any atom is -0.327 e. The van der Waals surface area contributed by atoms with Gasteiger partial charge in [0.25, 0.3) is 0 Å². The first-order valence-corrected chi connectivity index (χ1v) is 12.2. The maximum atomic E-state index is 13.0. The topological polar surface area (TPSA) is 58.4 Å². The summed E-state index contributed by atoms with van der Waals surface area (Å²) in [7, 11) is -3.43. The third-order valence-corrected chi connectivity index (χ3v) is 8.25. The Balaban J connectivity index is 1.66. The number of benzene rings is 1. The van der Waals surface area contributed by atoms with Gasteiger partial charge in [-0.3, -0.25) is 4.90 Å². The molecule has 2 aliphatic heterocycles. The van der Waals surface area contributed by atoms with E-state index in [0.717, 1.165) is 55.8 Å². The highest BCUT2D eigenvalue weighted by atomic mass is 32.2. The van der Waals surface area contributed by atoms with Gasteiger partial charge >= 0.3 is 0 Å². The molecule has 4 rings (SSSR count). The molecule has 0 amide bonds. The van der Waals surface area contributed by atoms with Gasteiger partial charge in [0.05, 0.1) is 22.5 Å². The number of fused-ring (bicyclic) bond motifs is 1. The molecule has 1 aromatic heterocycles. The molecule has 2 saturated heterocycles. The average Bonchev–Trinajstić information content (AvgIpc) is 3.06. The number of rotatable bonds is 5. The van der Waals surface area contributed by atoms with Crippen molar-refractivity contribution in [1.82, 2.24) is 18.8 Å². The van der Waals surface area contributed by atoms with E-state index in [9.17, 15) is 8.42 Å². The van der Waals surface area contributed by atoms with Crippen LogP contribution in [0.25, 0.3) is 11.0 Å². The Morgan fingerprint density at radius 3 is 2.54 bits per heavy atom. The summed E-state index contributed by atoms with van der Waals surface area (Å²) in [6.07, 6.45) is 6.80. The van der Waals surface area contributed by atoms with Gasteiger partial charge in [0.2, 0.25) is 10.0 Å². The van der Waals surface area contributed by atoms with Crippen LogP contribution in [0.3, 0.4) is 0 Å². The molecule has 0 saturated carbocycles. The Kier molecular flexibility index (Phi) is 5.76. The molecular formula is C21H32N4O2S. The van der Waals surface area contributed by atoms with Gasteiger partial charge in [-0.15, -0.1) is 0 Å². The lowest BCUT2D eigenvalue weighted by molar-refractivity contribution is 0.147. The lowest BCUT2D eigenvalue weighted by atomic mass is 10.0. The van der Waals surface area contributed by atoms with Crippen molar-refractivity contribution >= 4 is 21.1 Å². The molecule has 0 aliphatic carbocycles. The Morgan fingerprint density at radius 1 is 1.07 bits per heavy atom. The molecule has 0 N–H and O–H groups in total. The van der Waals surface area contributed by atoms with Crippen molar-refractivity contribution in [3.63, 3.8) is 0 Å². The molecule has 2 aromatic rings. The first-order chi connectivity index (χ1) is 13.5. The van der Waals surface area contributed by atoms with E-state index in [1.165, 1.54) is 19.3 Å². The Bertz CT molecular complexity index is 931. The molecule has 154 valence electrons. The highest BCUT2D eigenvalue weighted by Gasteiger charge is 2.27. The molecule has 0 spiro atoms. The fourth-order valence-electron chi connectivity index (χ4n) is 4.62. The zero-order valence-electron chi connectivity index (χ0n) is 17.1. The summed E-state index contributed by atoms with van der Waals surface area (Å²) in [6, 6.07) is 6.04. The fraction of sp³-hybridized carbons (Fsp3) is 0.667. The van der Waals surface area contributed by atoms with Crippen LogP contribution in [0.2, 0.25) is 0 Å². The van der Waals surface area contributed by atoms with Crippen molar-refractivity contribution in [3.05, 3.63) is 24.0 Å². The summed E-state index contributed by atoms with van der Waals surface area (Å²) in [5.74, 6) is 1.04. The van der Waals surface area contributed by atoms with Crippen LogP contribution in [0.1, 0.15) is 58.2 Å². The van der Waals surface area contributed by atoms with Gasteiger partial charge in [0.1, 0.15) is 5.82 Å². The van der Waals surface area contributed by atoms with Crippen molar-refractivity contribution in [2.45, 2.75) is 76.4 Å². The number of likely N-dealkylation sites (tertiary alicyclic amines) is 1. The summed E-state index contributed by atoms with van der Waals surface area (Å²) in [4.78, 5) is 7.75. The highest BCUT2D eigenvalue weighted by Crippen LogP contribution is 2.26. The van der Waals surface area contributed by atoms with Crippen LogP contribution < -0.4 is 0 Å². The van der Waals surface area contributed by atoms with E-state index in [0.29, 0.717) is 24.0 Å². The third kappa shape index (κ3) is 3.72. The predicted molar refractivity (Wildman–Crippen MR) is 112 cm³/mol. The van der Waals surface area contributed by atoms with E-state index in [2.05, 4.69) is 23.3 Å². The molecule has 0 bridgehead atoms. The van der Waals surface area contributed by atoms with Crippen LogP contribution >= 0.6 is 0 Å². The second-order valence-electron chi connectivity index (χ2n) is 8.20. The van der Waals surface area contributed by atoms with Crippen LogP contribution in [0.15, 0.2) is 23.1 Å². The van der Waals surface area contributed by atoms with Gasteiger partial charge in [-0.05, 0) is 64.3 Å². The smallest absolute Gasteiger partial charge is 0.243 e. The monoisotopic (exact) mass is 404 g/mol. The predicted octanol–water partition coefficient (Wildman–Crippen LogP) is 3.61. The van der Waals surface area contributed by atoms with E-state index in [4.69, 9.17) is 4.98 Å². The van der Waals surface area contributed by atoms with Gasteiger partial charge in [-0.2, -0.15) is 4.31 Å². The zero-order chi connectivity index (χ0) is 19.7. The minimum absolute atomic E-state index is 0.376. The molecule has 1 aromatic carbocycles. The highest BCUT2D eigenvalue weighted by molar-refractivity contribution is 7.89. The molecule has 1 atom stereocenters. The van der Waals surface area contributed by atoms with E-state index in [1.54, 1.807) is 16.4 Å². The fourth-order valence-corrected chi connectivity index (χ4v) is 6.16. The van der Waals surface area contributed by atoms with Crippen LogP contribution in [-0.2, 0) is 23.1 Å². The van der Waals surface area contributed by atoms with Gasteiger partial charge in [-0.25, -0.2) is 13.4 Å². The van der Waals surface area contributed by atoms with E-state index in [-0.39, 0.29) is 0 Å². The van der Waals surface area contributed by atoms with E-state index in [1.807, 2.05) is 6.07 Å². The number of hydrogen-bond acceptors (Lipinski definition) is 4. The quantitative estimate of drug-likeness (QED) is 0.764. The summed E-state index contributed by atoms with van der Waals surface area (Å²) in [5, 5.41) is 0. The van der Waals surface area contributed by atoms with Crippen molar-refractivity contribution in [2.75, 3.05) is 19.6 Å². The van der Waals surface area contributed by atoms with Gasteiger partial charge in [0, 0.05) is 25.7 Å². The van der Waals surface area contributed by atoms with Crippen molar-refractivity contribution < 1.29 is 8.42 Å². The number of aromatic nitrogens is 2. The molecule has 2 fully saturated rings. The minimum atomic E-state index is -3.43. The Hall–Kier alpha value is -1.44. The second-order valence-corrected chi connectivity index (χ2v) is 10.1. The number of sulfonamides is 1. The molecule has 3 heterocycles. The number of hydrogen-bond donors (Lipinski definition) is 0. The molecule has 7 heteroatoms. The largest absolute Gasteiger partial charge is 0.327 e. The number of nitrogens with zero attached hydrogens (tertiary/aromatic N) is 4. The molecule has 6 nitrogen and oxygen atoms in total. The van der Waals surface area contributed by atoms with Gasteiger partial charge < -0.3 is 4.57 Å². The normalized spacial score (nSPS) is 22.7. The summed E-state index contributed by atoms with van der Waals surface area (Å²) < 4.78 is 29.9. The standard InChI is InChI=1S/C21H32N4O2S/c1-3-25-20-11-10-18(28(26,27)24-13-6-4-7-14-24)15-19(20)22-21(25)16-23-12-8-5-9-17(23)2/h10-11,15,17H,3-9,12-14,16H2,1-2H3. The lowest BCUT2D eigenvalue weighted by Crippen LogP contribution is -2.37. The number of aryl methyl sites for hydroxylation is 1. The molecule has 28 heavy (non-hydrogen) atoms. The van der Waals surface area contributed by atoms with Crippen molar-refractivity contribution in [2.24, 2.45) is 0 Å². The molecule has 2 aliphatic rings. The lowest BCUT2D eigenvalue weighted by Gasteiger charge is -2.33. The van der Waals surface area contributed by atoms with E-state index < -0.39 is 10.0 Å². The molecular weight excluding hydrogens is 372 g/mol. The first-order valence-electron chi connectivity index (χ1n) is 10.7. The summed E-state index contributed by atoms with van der Waals surface area (Å²) >= 11 is 0. The second kappa shape index (κ2) is 8.13. The number of piperidine rings is 2. The average molecular weight is 405 g/mol. The molecule has 0 radical (unpaired) electrons. The van der Waals surface area contributed by atoms with Crippen LogP contribution in [0.5, 0.6) is 0 Å². The zero-order valence-corrected chi connectivity index (χ0v) is 17.9. The summed E-state index contributed by atoms with van der Waals surface area (Å²) in [6.45, 7) is 8.46. The van der Waals surface area contributed by atoms with Crippen LogP contribution in [-0.4, -0.2) is 52.9 Å². The first kappa shape index (κ1) is 19.9. The van der Waals surface area contributed by atoms with Gasteiger partial charge in [0.15, 0.2) is 0 Å². The van der Waals surface area contributed by atoms with Gasteiger partial charge in [-0.1, -0.05) is 12.8 Å². The van der Waals surface area contributed by atoms with Crippen LogP contribution in [0.4, 0.5) is 0 Å².